The number of rotatable bonds is 7. The van der Waals surface area contributed by atoms with Crippen LogP contribution in [-0.4, -0.2) is 36.0 Å². The molecule has 1 atom stereocenters. The van der Waals surface area contributed by atoms with E-state index in [-0.39, 0.29) is 30.5 Å². The molecule has 22 heavy (non-hydrogen) atoms. The summed E-state index contributed by atoms with van der Waals surface area (Å²) in [5.41, 5.74) is 0.293. The first kappa shape index (κ1) is 18.3. The van der Waals surface area contributed by atoms with Crippen molar-refractivity contribution in [3.63, 3.8) is 0 Å². The summed E-state index contributed by atoms with van der Waals surface area (Å²) in [6.45, 7) is 1.73. The fourth-order valence-corrected chi connectivity index (χ4v) is 1.92. The van der Waals surface area contributed by atoms with Gasteiger partial charge in [0.15, 0.2) is 0 Å². The Balaban J connectivity index is 2.38. The molecule has 3 N–H and O–H groups in total. The zero-order chi connectivity index (χ0) is 16.7. The fraction of sp³-hybridized carbons (Fsp3) is 0.357. The lowest BCUT2D eigenvalue weighted by atomic mass is 10.1. The lowest BCUT2D eigenvalue weighted by Gasteiger charge is -2.11. The molecule has 1 aromatic carbocycles. The number of carbonyl (C=O) groups is 3. The summed E-state index contributed by atoms with van der Waals surface area (Å²) < 4.78 is 0. The number of benzene rings is 1. The van der Waals surface area contributed by atoms with E-state index in [0.717, 1.165) is 0 Å². The van der Waals surface area contributed by atoms with Crippen molar-refractivity contribution in [1.82, 2.24) is 10.6 Å². The van der Waals surface area contributed by atoms with Crippen LogP contribution in [-0.2, 0) is 9.59 Å². The Labute approximate surface area is 137 Å². The van der Waals surface area contributed by atoms with Gasteiger partial charge in [0, 0.05) is 18.5 Å². The Morgan fingerprint density at radius 1 is 1.18 bits per heavy atom. The molecule has 0 aromatic heterocycles. The molecule has 0 saturated heterocycles. The molecule has 8 heteroatoms. The average Bonchev–Trinajstić information content (AvgIpc) is 2.44. The van der Waals surface area contributed by atoms with Crippen LogP contribution in [0.25, 0.3) is 0 Å². The third-order valence-corrected chi connectivity index (χ3v) is 3.50. The average molecular weight is 347 g/mol. The minimum absolute atomic E-state index is 0.0318. The number of carboxylic acids is 1. The molecule has 0 aliphatic rings. The largest absolute Gasteiger partial charge is 0.481 e. The summed E-state index contributed by atoms with van der Waals surface area (Å²) in [5, 5.41) is 14.2. The van der Waals surface area contributed by atoms with Crippen molar-refractivity contribution in [3.8, 4) is 0 Å². The Kier molecular flexibility index (Phi) is 7.14. The van der Waals surface area contributed by atoms with Gasteiger partial charge < -0.3 is 15.7 Å². The van der Waals surface area contributed by atoms with Gasteiger partial charge in [0.1, 0.15) is 0 Å². The summed E-state index contributed by atoms with van der Waals surface area (Å²) in [6.07, 6.45) is -0.0318. The Morgan fingerprint density at radius 2 is 1.86 bits per heavy atom. The van der Waals surface area contributed by atoms with E-state index < -0.39 is 17.8 Å². The standard InChI is InChI=1S/C14H16Cl2N2O4/c1-8(4-13(20)21)6-17-12(19)7-18-14(22)9-2-3-10(15)11(16)5-9/h2-3,5,8H,4,6-7H2,1H3,(H,17,19)(H,18,22)(H,20,21). The third-order valence-electron chi connectivity index (χ3n) is 2.76. The molecular weight excluding hydrogens is 331 g/mol. The van der Waals surface area contributed by atoms with Crippen LogP contribution in [0, 0.1) is 5.92 Å². The smallest absolute Gasteiger partial charge is 0.303 e. The van der Waals surface area contributed by atoms with E-state index in [1.807, 2.05) is 0 Å². The van der Waals surface area contributed by atoms with Crippen molar-refractivity contribution in [2.45, 2.75) is 13.3 Å². The minimum atomic E-state index is -0.922. The second kappa shape index (κ2) is 8.60. The van der Waals surface area contributed by atoms with E-state index >= 15 is 0 Å². The van der Waals surface area contributed by atoms with Gasteiger partial charge in [-0.3, -0.25) is 14.4 Å². The number of hydrogen-bond acceptors (Lipinski definition) is 3. The molecule has 1 rings (SSSR count). The van der Waals surface area contributed by atoms with Crippen LogP contribution in [0.4, 0.5) is 0 Å². The summed E-state index contributed by atoms with van der Waals surface area (Å²) in [7, 11) is 0. The number of aliphatic carboxylic acids is 1. The number of nitrogens with one attached hydrogen (secondary N) is 2. The minimum Gasteiger partial charge on any atom is -0.481 e. The Bertz CT molecular complexity index is 578. The summed E-state index contributed by atoms with van der Waals surface area (Å²) in [6, 6.07) is 4.40. The number of halogens is 2. The number of carbonyl (C=O) groups excluding carboxylic acids is 2. The zero-order valence-electron chi connectivity index (χ0n) is 11.9. The molecule has 1 aromatic rings. The van der Waals surface area contributed by atoms with Gasteiger partial charge in [-0.1, -0.05) is 30.1 Å². The van der Waals surface area contributed by atoms with Crippen LogP contribution in [0.5, 0.6) is 0 Å². The summed E-state index contributed by atoms with van der Waals surface area (Å²) in [5.74, 6) is -1.96. The first-order valence-electron chi connectivity index (χ1n) is 6.51. The molecule has 0 radical (unpaired) electrons. The van der Waals surface area contributed by atoms with Crippen molar-refractivity contribution in [2.75, 3.05) is 13.1 Å². The van der Waals surface area contributed by atoms with E-state index in [1.54, 1.807) is 6.92 Å². The van der Waals surface area contributed by atoms with Crippen LogP contribution >= 0.6 is 23.2 Å². The Morgan fingerprint density at radius 3 is 2.45 bits per heavy atom. The van der Waals surface area contributed by atoms with E-state index in [1.165, 1.54) is 18.2 Å². The molecule has 2 amide bonds. The normalized spacial score (nSPS) is 11.6. The van der Waals surface area contributed by atoms with Gasteiger partial charge in [-0.2, -0.15) is 0 Å². The van der Waals surface area contributed by atoms with Crippen molar-refractivity contribution >= 4 is 41.0 Å². The van der Waals surface area contributed by atoms with E-state index in [9.17, 15) is 14.4 Å². The van der Waals surface area contributed by atoms with Crippen LogP contribution in [0.3, 0.4) is 0 Å². The molecule has 0 bridgehead atoms. The molecule has 0 aliphatic carbocycles. The number of amides is 2. The van der Waals surface area contributed by atoms with E-state index in [4.69, 9.17) is 28.3 Å². The Hall–Kier alpha value is -1.79. The first-order chi connectivity index (χ1) is 10.3. The molecule has 0 fully saturated rings. The lowest BCUT2D eigenvalue weighted by Crippen LogP contribution is -2.38. The fourth-order valence-electron chi connectivity index (χ4n) is 1.62. The van der Waals surface area contributed by atoms with Gasteiger partial charge in [0.25, 0.3) is 5.91 Å². The SMILES string of the molecule is CC(CNC(=O)CNC(=O)c1ccc(Cl)c(Cl)c1)CC(=O)O. The van der Waals surface area contributed by atoms with E-state index in [0.29, 0.717) is 10.6 Å². The van der Waals surface area contributed by atoms with Gasteiger partial charge in [-0.05, 0) is 24.1 Å². The number of hydrogen-bond donors (Lipinski definition) is 3. The quantitative estimate of drug-likeness (QED) is 0.703. The molecule has 120 valence electrons. The van der Waals surface area contributed by atoms with Crippen molar-refractivity contribution < 1.29 is 19.5 Å². The predicted octanol–water partition coefficient (Wildman–Crippen LogP) is 1.95. The molecule has 0 aliphatic heterocycles. The maximum atomic E-state index is 11.8. The van der Waals surface area contributed by atoms with Crippen LogP contribution in [0.2, 0.25) is 10.0 Å². The van der Waals surface area contributed by atoms with Gasteiger partial charge in [-0.25, -0.2) is 0 Å². The van der Waals surface area contributed by atoms with Gasteiger partial charge in [0.05, 0.1) is 16.6 Å². The van der Waals surface area contributed by atoms with Crippen molar-refractivity contribution in [2.24, 2.45) is 5.92 Å². The second-order valence-electron chi connectivity index (χ2n) is 4.82. The molecule has 0 spiro atoms. The molecule has 0 heterocycles. The van der Waals surface area contributed by atoms with Crippen LogP contribution < -0.4 is 10.6 Å². The maximum Gasteiger partial charge on any atom is 0.303 e. The van der Waals surface area contributed by atoms with Gasteiger partial charge in [-0.15, -0.1) is 0 Å². The third kappa shape index (κ3) is 6.32. The molecule has 1 unspecified atom stereocenters. The van der Waals surface area contributed by atoms with Crippen LogP contribution in [0.1, 0.15) is 23.7 Å². The van der Waals surface area contributed by atoms with Crippen LogP contribution in [0.15, 0.2) is 18.2 Å². The predicted molar refractivity (Wildman–Crippen MR) is 83.2 cm³/mol. The highest BCUT2D eigenvalue weighted by Gasteiger charge is 2.12. The molecule has 0 saturated carbocycles. The summed E-state index contributed by atoms with van der Waals surface area (Å²) in [4.78, 5) is 33.9. The number of carboxylic acid groups (broad SMARTS) is 1. The highest BCUT2D eigenvalue weighted by atomic mass is 35.5. The highest BCUT2D eigenvalue weighted by Crippen LogP contribution is 2.22. The van der Waals surface area contributed by atoms with E-state index in [2.05, 4.69) is 10.6 Å². The molecule has 6 nitrogen and oxygen atoms in total. The first-order valence-corrected chi connectivity index (χ1v) is 7.27. The summed E-state index contributed by atoms with van der Waals surface area (Å²) >= 11 is 11.6. The molecular formula is C14H16Cl2N2O4. The second-order valence-corrected chi connectivity index (χ2v) is 5.63. The van der Waals surface area contributed by atoms with Crippen molar-refractivity contribution in [3.05, 3.63) is 33.8 Å². The highest BCUT2D eigenvalue weighted by molar-refractivity contribution is 6.42. The maximum absolute atomic E-state index is 11.8. The van der Waals surface area contributed by atoms with Gasteiger partial charge in [0.2, 0.25) is 5.91 Å². The lowest BCUT2D eigenvalue weighted by molar-refractivity contribution is -0.138. The zero-order valence-corrected chi connectivity index (χ0v) is 13.4. The van der Waals surface area contributed by atoms with Gasteiger partial charge >= 0.3 is 5.97 Å². The topological polar surface area (TPSA) is 95.5 Å². The monoisotopic (exact) mass is 346 g/mol. The van der Waals surface area contributed by atoms with Crippen molar-refractivity contribution in [1.29, 1.82) is 0 Å².